The summed E-state index contributed by atoms with van der Waals surface area (Å²) in [5.74, 6) is -4.39. The van der Waals surface area contributed by atoms with Gasteiger partial charge in [-0.1, -0.05) is 86.3 Å². The lowest BCUT2D eigenvalue weighted by atomic mass is 9.45. The van der Waals surface area contributed by atoms with Crippen LogP contribution in [-0.2, 0) is 19.0 Å². The van der Waals surface area contributed by atoms with Crippen molar-refractivity contribution >= 4 is 17.8 Å². The van der Waals surface area contributed by atoms with E-state index in [0.29, 0.717) is 23.1 Å². The van der Waals surface area contributed by atoms with Gasteiger partial charge in [-0.05, 0) is 72.4 Å². The van der Waals surface area contributed by atoms with Gasteiger partial charge in [0.15, 0.2) is 22.8 Å². The first kappa shape index (κ1) is 31.6. The third-order valence-corrected chi connectivity index (χ3v) is 12.8. The molecule has 3 saturated carbocycles. The van der Waals surface area contributed by atoms with E-state index in [4.69, 9.17) is 14.2 Å². The monoisotopic (exact) mass is 650 g/mol. The fourth-order valence-electron chi connectivity index (χ4n) is 10.6. The van der Waals surface area contributed by atoms with E-state index in [1.54, 1.807) is 37.3 Å². The number of carbonyl (C=O) groups is 2. The number of allylic oxidation sites excluding steroid dienone is 2. The number of benzene rings is 2. The van der Waals surface area contributed by atoms with Crippen molar-refractivity contribution in [2.75, 3.05) is 6.61 Å². The third-order valence-electron chi connectivity index (χ3n) is 12.8. The first-order valence-electron chi connectivity index (χ1n) is 16.9. The number of Topliss-reactive ketones (excluding diaryl/α,β-unsaturated/α-hetero) is 1. The number of hydrogen-bond acceptors (Lipinski definition) is 8. The fourth-order valence-corrected chi connectivity index (χ4v) is 10.6. The van der Waals surface area contributed by atoms with Crippen molar-refractivity contribution in [1.29, 1.82) is 0 Å². The van der Waals surface area contributed by atoms with Crippen molar-refractivity contribution in [1.82, 2.24) is 0 Å². The van der Waals surface area contributed by atoms with Crippen molar-refractivity contribution < 1.29 is 39.1 Å². The van der Waals surface area contributed by atoms with Crippen LogP contribution in [0.2, 0.25) is 0 Å². The minimum Gasteiger partial charge on any atom is -0.455 e. The molecule has 0 amide bonds. The molecule has 0 radical (unpaired) electrons. The van der Waals surface area contributed by atoms with Crippen LogP contribution in [0.25, 0.3) is 6.08 Å². The molecule has 1 unspecified atom stereocenters. The molecule has 2 aromatic rings. The van der Waals surface area contributed by atoms with Crippen LogP contribution in [0.1, 0.15) is 49.5 Å². The summed E-state index contributed by atoms with van der Waals surface area (Å²) in [7, 11) is 0. The summed E-state index contributed by atoms with van der Waals surface area (Å²) in [4.78, 5) is 27.8. The van der Waals surface area contributed by atoms with Crippen LogP contribution in [0.4, 0.5) is 0 Å². The topological polar surface area (TPSA) is 123 Å². The number of hydrogen-bond donors (Lipinski definition) is 3. The molecule has 12 atom stereocenters. The van der Waals surface area contributed by atoms with Gasteiger partial charge in [0.2, 0.25) is 0 Å². The summed E-state index contributed by atoms with van der Waals surface area (Å²) in [5, 5.41) is 35.5. The predicted octanol–water partition coefficient (Wildman–Crippen LogP) is 4.81. The molecule has 2 aliphatic heterocycles. The first-order valence-corrected chi connectivity index (χ1v) is 16.9. The Balaban J connectivity index is 1.33. The highest BCUT2D eigenvalue weighted by Gasteiger charge is 2.87. The standard InChI is InChI=1S/C40H42O8/c1-23(2)40-32(46-34(43)27-16-9-6-10-17-27)25(4)38-21-37(48-40,18-12-11-15-26-13-7-5-8-14-26)47-33(40)30(38)28-20-36(28,22-41)35(44)39(45)29(38)19-24(3)31(39)42/h5-19,25,28-30,32-33,35,41,44-45H,1,20-22H2,2-4H3/b15-11+,18-12+/t25-,28+,29+,30+,32-,33-,35-,36-,37?,38-,39-,40+/m1/s1. The number of aliphatic hydroxyl groups excluding tert-OH is 2. The molecule has 8 heteroatoms. The Morgan fingerprint density at radius 1 is 1.10 bits per heavy atom. The molecule has 3 bridgehead atoms. The average molecular weight is 651 g/mol. The van der Waals surface area contributed by atoms with Crippen molar-refractivity contribution in [3.05, 3.63) is 114 Å². The van der Waals surface area contributed by atoms with Crippen LogP contribution in [0.15, 0.2) is 103 Å². The minimum atomic E-state index is -2.18. The lowest BCUT2D eigenvalue weighted by molar-refractivity contribution is -0.252. The molecule has 8 rings (SSSR count). The smallest absolute Gasteiger partial charge is 0.338 e. The molecule has 2 saturated heterocycles. The summed E-state index contributed by atoms with van der Waals surface area (Å²) in [6.07, 6.45) is 6.94. The zero-order valence-corrected chi connectivity index (χ0v) is 27.4. The van der Waals surface area contributed by atoms with E-state index >= 15 is 0 Å². The van der Waals surface area contributed by atoms with Gasteiger partial charge in [-0.25, -0.2) is 4.79 Å². The van der Waals surface area contributed by atoms with Gasteiger partial charge in [-0.2, -0.15) is 0 Å². The second-order valence-corrected chi connectivity index (χ2v) is 15.0. The molecular weight excluding hydrogens is 608 g/mol. The highest BCUT2D eigenvalue weighted by atomic mass is 16.8. The third kappa shape index (κ3) is 3.84. The van der Waals surface area contributed by atoms with E-state index in [2.05, 4.69) is 6.58 Å². The number of aliphatic hydroxyl groups is 3. The molecule has 3 N–H and O–H groups in total. The fraction of sp³-hybridized carbons (Fsp3) is 0.450. The molecule has 0 spiro atoms. The van der Waals surface area contributed by atoms with Crippen LogP contribution >= 0.6 is 0 Å². The number of carbonyl (C=O) groups excluding carboxylic acids is 2. The summed E-state index contributed by atoms with van der Waals surface area (Å²) in [5.41, 5.74) is -3.13. The molecule has 6 aliphatic rings. The van der Waals surface area contributed by atoms with Gasteiger partial charge in [0.05, 0.1) is 18.3 Å². The van der Waals surface area contributed by atoms with Gasteiger partial charge in [0.1, 0.15) is 12.2 Å². The highest BCUT2D eigenvalue weighted by Crippen LogP contribution is 2.80. The summed E-state index contributed by atoms with van der Waals surface area (Å²) in [6.45, 7) is 9.53. The molecule has 48 heavy (non-hydrogen) atoms. The quantitative estimate of drug-likeness (QED) is 0.222. The molecule has 0 aromatic heterocycles. The normalized spacial score (nSPS) is 45.0. The second-order valence-electron chi connectivity index (χ2n) is 15.0. The maximum atomic E-state index is 14.0. The van der Waals surface area contributed by atoms with Crippen LogP contribution in [-0.4, -0.2) is 69.0 Å². The molecule has 2 aromatic carbocycles. The van der Waals surface area contributed by atoms with E-state index in [-0.39, 0.29) is 18.3 Å². The Kier molecular flexibility index (Phi) is 6.86. The van der Waals surface area contributed by atoms with Crippen molar-refractivity contribution in [2.24, 2.45) is 34.5 Å². The Bertz CT molecular complexity index is 1780. The summed E-state index contributed by atoms with van der Waals surface area (Å²) >= 11 is 0. The second kappa shape index (κ2) is 10.4. The Morgan fingerprint density at radius 2 is 1.79 bits per heavy atom. The molecule has 8 nitrogen and oxygen atoms in total. The number of fused-ring (bicyclic) bond motifs is 3. The van der Waals surface area contributed by atoms with Crippen LogP contribution < -0.4 is 0 Å². The van der Waals surface area contributed by atoms with E-state index in [1.165, 1.54) is 0 Å². The average Bonchev–Trinajstić information content (AvgIpc) is 3.72. The van der Waals surface area contributed by atoms with Crippen LogP contribution in [0.3, 0.4) is 0 Å². The molecular formula is C40H42O8. The lowest BCUT2D eigenvalue weighted by Gasteiger charge is -2.62. The van der Waals surface area contributed by atoms with E-state index in [0.717, 1.165) is 5.56 Å². The zero-order valence-electron chi connectivity index (χ0n) is 27.4. The van der Waals surface area contributed by atoms with Crippen molar-refractivity contribution in [3.8, 4) is 0 Å². The number of esters is 1. The van der Waals surface area contributed by atoms with Gasteiger partial charge in [0, 0.05) is 23.7 Å². The van der Waals surface area contributed by atoms with Crippen molar-refractivity contribution in [3.63, 3.8) is 0 Å². The minimum absolute atomic E-state index is 0.223. The van der Waals surface area contributed by atoms with Gasteiger partial charge >= 0.3 is 5.97 Å². The largest absolute Gasteiger partial charge is 0.455 e. The van der Waals surface area contributed by atoms with E-state index < -0.39 is 76.3 Å². The molecule has 2 heterocycles. The Labute approximate surface area is 280 Å². The van der Waals surface area contributed by atoms with Crippen molar-refractivity contribution in [2.45, 2.75) is 68.9 Å². The summed E-state index contributed by atoms with van der Waals surface area (Å²) in [6, 6.07) is 18.6. The number of ketones is 1. The zero-order chi connectivity index (χ0) is 33.9. The molecule has 4 aliphatic carbocycles. The van der Waals surface area contributed by atoms with Gasteiger partial charge < -0.3 is 29.5 Å². The van der Waals surface area contributed by atoms with E-state index in [1.807, 2.05) is 74.5 Å². The van der Waals surface area contributed by atoms with Gasteiger partial charge in [-0.15, -0.1) is 0 Å². The van der Waals surface area contributed by atoms with E-state index in [9.17, 15) is 24.9 Å². The molecule has 250 valence electrons. The highest BCUT2D eigenvalue weighted by molar-refractivity contribution is 6.05. The first-order chi connectivity index (χ1) is 22.9. The molecule has 5 fully saturated rings. The predicted molar refractivity (Wildman–Crippen MR) is 177 cm³/mol. The maximum Gasteiger partial charge on any atom is 0.338 e. The van der Waals surface area contributed by atoms with Crippen LogP contribution in [0.5, 0.6) is 0 Å². The number of rotatable bonds is 7. The Morgan fingerprint density at radius 3 is 2.46 bits per heavy atom. The van der Waals surface area contributed by atoms with Gasteiger partial charge in [-0.3, -0.25) is 4.79 Å². The van der Waals surface area contributed by atoms with Gasteiger partial charge in [0.25, 0.3) is 0 Å². The Hall–Kier alpha value is -3.66. The summed E-state index contributed by atoms with van der Waals surface area (Å²) < 4.78 is 20.7. The SMILES string of the molecule is C=C(C)[C@@]12OC3(/C=C/C=C/c4ccccc4)C[C@@]4([C@H]([C@H]1O3)[C@@H]1C[C@]1(CO)[C@@H](O)[C@]1(O)C(=O)C(C)=C[C@H]14)[C@H](C)[C@H]2OC(=O)c1ccccc1. The van der Waals surface area contributed by atoms with Crippen LogP contribution in [0, 0.1) is 34.5 Å². The lowest BCUT2D eigenvalue weighted by Crippen LogP contribution is -2.72. The maximum absolute atomic E-state index is 14.0. The number of ether oxygens (including phenoxy) is 3.